The predicted octanol–water partition coefficient (Wildman–Crippen LogP) is 3.95. The largest absolute Gasteiger partial charge is 0.482 e. The molecule has 7 rings (SSSR count). The minimum Gasteiger partial charge on any atom is -0.482 e. The van der Waals surface area contributed by atoms with Gasteiger partial charge in [-0.2, -0.15) is 0 Å². The van der Waals surface area contributed by atoms with Gasteiger partial charge in [-0.3, -0.25) is 9.78 Å². The van der Waals surface area contributed by atoms with E-state index in [1.165, 1.54) is 0 Å². The third-order valence-corrected chi connectivity index (χ3v) is 8.47. The molecule has 11 heteroatoms. The average molecular weight is 545 g/mol. The van der Waals surface area contributed by atoms with Gasteiger partial charge in [0.1, 0.15) is 23.1 Å². The third-order valence-electron chi connectivity index (χ3n) is 8.47. The summed E-state index contributed by atoms with van der Waals surface area (Å²) in [7, 11) is 0. The van der Waals surface area contributed by atoms with Crippen molar-refractivity contribution in [3.63, 3.8) is 0 Å². The Hall–Kier alpha value is -3.86. The number of ether oxygens (including phenoxy) is 1. The first kappa shape index (κ1) is 25.1. The molecule has 1 N–H and O–H groups in total. The molecule has 1 amide bonds. The minimum atomic E-state index is -1.75. The van der Waals surface area contributed by atoms with Crippen LogP contribution >= 0.6 is 0 Å². The maximum atomic E-state index is 14.6. The summed E-state index contributed by atoms with van der Waals surface area (Å²) in [6.45, 7) is 5.26. The fourth-order valence-electron chi connectivity index (χ4n) is 5.90. The fraction of sp³-hybridized carbons (Fsp3) is 0.483. The number of rotatable bonds is 7. The van der Waals surface area contributed by atoms with Crippen molar-refractivity contribution in [3.05, 3.63) is 54.2 Å². The molecular formula is C29H33FN8O2. The summed E-state index contributed by atoms with van der Waals surface area (Å²) in [6, 6.07) is 10.5. The van der Waals surface area contributed by atoms with Gasteiger partial charge >= 0.3 is 0 Å². The van der Waals surface area contributed by atoms with Crippen molar-refractivity contribution >= 4 is 16.9 Å². The van der Waals surface area contributed by atoms with Crippen LogP contribution in [0.4, 0.5) is 4.39 Å². The van der Waals surface area contributed by atoms with Crippen molar-refractivity contribution in [1.82, 2.24) is 39.7 Å². The number of halogens is 1. The molecule has 3 aliphatic rings. The summed E-state index contributed by atoms with van der Waals surface area (Å²) in [5.41, 5.74) is 3.58. The zero-order chi connectivity index (χ0) is 27.4. The van der Waals surface area contributed by atoms with Gasteiger partial charge in [-0.15, -0.1) is 5.10 Å². The van der Waals surface area contributed by atoms with Crippen LogP contribution in [0.1, 0.15) is 62.2 Å². The lowest BCUT2D eigenvalue weighted by Crippen LogP contribution is -2.65. The standard InChI is InChI=1S/C29H33FN8O2/c1-18-26(34-35-38(18)22-8-11-36(12-9-22)28(39)29(30)15-31-16-29)20-13-24-27(37(17-33-24)21-6-7-21)25(14-20)40-19(2)23-5-3-4-10-32-23/h3-5,10,13-14,17,19,21-22,31H,6-9,11-12,15-16H2,1-2H3/t19-/m1/s1. The Bertz CT molecular complexity index is 1550. The molecule has 2 saturated heterocycles. The lowest BCUT2D eigenvalue weighted by Gasteiger charge is -2.40. The molecule has 10 nitrogen and oxygen atoms in total. The molecule has 4 aromatic rings. The number of nitrogens with zero attached hydrogens (tertiary/aromatic N) is 7. The maximum absolute atomic E-state index is 14.6. The summed E-state index contributed by atoms with van der Waals surface area (Å²) < 4.78 is 25.3. The molecule has 2 aliphatic heterocycles. The minimum absolute atomic E-state index is 0.0954. The quantitative estimate of drug-likeness (QED) is 0.376. The van der Waals surface area contributed by atoms with Crippen LogP contribution in [0.25, 0.3) is 22.3 Å². The van der Waals surface area contributed by atoms with Gasteiger partial charge in [-0.05, 0) is 63.8 Å². The number of pyridine rings is 1. The smallest absolute Gasteiger partial charge is 0.262 e. The molecule has 3 fully saturated rings. The van der Waals surface area contributed by atoms with Crippen LogP contribution in [0.3, 0.4) is 0 Å². The monoisotopic (exact) mass is 544 g/mol. The van der Waals surface area contributed by atoms with E-state index in [4.69, 9.17) is 9.72 Å². The Morgan fingerprint density at radius 1 is 1.12 bits per heavy atom. The summed E-state index contributed by atoms with van der Waals surface area (Å²) in [5.74, 6) is 0.355. The van der Waals surface area contributed by atoms with Gasteiger partial charge in [0.25, 0.3) is 5.91 Å². The van der Waals surface area contributed by atoms with E-state index in [2.05, 4.69) is 31.2 Å². The number of benzene rings is 1. The number of alkyl halides is 1. The first-order valence-corrected chi connectivity index (χ1v) is 14.1. The van der Waals surface area contributed by atoms with Crippen LogP contribution in [0.15, 0.2) is 42.9 Å². The second-order valence-electron chi connectivity index (χ2n) is 11.3. The zero-order valence-electron chi connectivity index (χ0n) is 22.8. The van der Waals surface area contributed by atoms with Crippen molar-refractivity contribution in [2.24, 2.45) is 0 Å². The summed E-state index contributed by atoms with van der Waals surface area (Å²) in [4.78, 5) is 23.5. The fourth-order valence-corrected chi connectivity index (χ4v) is 5.90. The molecule has 1 saturated carbocycles. The van der Waals surface area contributed by atoms with E-state index in [1.54, 1.807) is 11.1 Å². The summed E-state index contributed by atoms with van der Waals surface area (Å²) >= 11 is 0. The van der Waals surface area contributed by atoms with Crippen LogP contribution in [0.2, 0.25) is 0 Å². The SMILES string of the molecule is Cc1c(-c2cc(O[C@H](C)c3ccccn3)c3c(c2)ncn3C2CC2)nnn1C1CCN(C(=O)C2(F)CNC2)CC1. The van der Waals surface area contributed by atoms with Crippen LogP contribution in [-0.4, -0.2) is 72.2 Å². The Kier molecular flexibility index (Phi) is 6.06. The zero-order valence-corrected chi connectivity index (χ0v) is 22.8. The number of hydrogen-bond donors (Lipinski definition) is 1. The van der Waals surface area contributed by atoms with Gasteiger partial charge in [-0.1, -0.05) is 11.3 Å². The van der Waals surface area contributed by atoms with Gasteiger partial charge in [0.05, 0.1) is 29.3 Å². The molecule has 208 valence electrons. The highest BCUT2D eigenvalue weighted by Crippen LogP contribution is 2.42. The molecule has 0 spiro atoms. The average Bonchev–Trinajstić information content (AvgIpc) is 3.60. The highest BCUT2D eigenvalue weighted by atomic mass is 19.1. The van der Waals surface area contributed by atoms with Crippen molar-refractivity contribution < 1.29 is 13.9 Å². The Morgan fingerprint density at radius 3 is 2.60 bits per heavy atom. The molecule has 1 aliphatic carbocycles. The van der Waals surface area contributed by atoms with E-state index in [1.807, 2.05) is 49.1 Å². The third kappa shape index (κ3) is 4.32. The number of likely N-dealkylation sites (tertiary alicyclic amines) is 1. The molecule has 40 heavy (non-hydrogen) atoms. The molecule has 0 bridgehead atoms. The topological polar surface area (TPSA) is 103 Å². The molecule has 5 heterocycles. The number of aromatic nitrogens is 6. The Morgan fingerprint density at radius 2 is 1.93 bits per heavy atom. The van der Waals surface area contributed by atoms with Gasteiger partial charge in [0.2, 0.25) is 5.67 Å². The van der Waals surface area contributed by atoms with Gasteiger partial charge in [0.15, 0.2) is 0 Å². The van der Waals surface area contributed by atoms with E-state index < -0.39 is 11.6 Å². The number of nitrogens with one attached hydrogen (secondary N) is 1. The summed E-state index contributed by atoms with van der Waals surface area (Å²) in [5, 5.41) is 12.0. The van der Waals surface area contributed by atoms with Crippen LogP contribution < -0.4 is 10.1 Å². The number of imidazole rings is 1. The number of amides is 1. The number of piperidine rings is 1. The number of carbonyl (C=O) groups excluding carboxylic acids is 1. The van der Waals surface area contributed by atoms with Crippen LogP contribution in [0.5, 0.6) is 5.75 Å². The van der Waals surface area contributed by atoms with Gasteiger partial charge in [-0.25, -0.2) is 14.1 Å². The maximum Gasteiger partial charge on any atom is 0.262 e. The highest BCUT2D eigenvalue weighted by Gasteiger charge is 2.47. The predicted molar refractivity (Wildman–Crippen MR) is 147 cm³/mol. The molecule has 0 radical (unpaired) electrons. The van der Waals surface area contributed by atoms with E-state index in [0.29, 0.717) is 32.0 Å². The Balaban J connectivity index is 1.16. The second kappa shape index (κ2) is 9.65. The van der Waals surface area contributed by atoms with Crippen LogP contribution in [-0.2, 0) is 4.79 Å². The van der Waals surface area contributed by atoms with E-state index in [9.17, 15) is 9.18 Å². The number of carbonyl (C=O) groups is 1. The van der Waals surface area contributed by atoms with E-state index in [0.717, 1.165) is 52.3 Å². The van der Waals surface area contributed by atoms with E-state index in [-0.39, 0.29) is 25.2 Å². The Labute approximate surface area is 231 Å². The second-order valence-corrected chi connectivity index (χ2v) is 11.3. The van der Waals surface area contributed by atoms with E-state index >= 15 is 0 Å². The van der Waals surface area contributed by atoms with Crippen LogP contribution in [0, 0.1) is 6.92 Å². The molecular weight excluding hydrogens is 511 g/mol. The lowest BCUT2D eigenvalue weighted by molar-refractivity contribution is -0.148. The first-order valence-electron chi connectivity index (χ1n) is 14.1. The van der Waals surface area contributed by atoms with Crippen molar-refractivity contribution in [1.29, 1.82) is 0 Å². The molecule has 1 atom stereocenters. The van der Waals surface area contributed by atoms with Gasteiger partial charge < -0.3 is 19.5 Å². The normalized spacial score (nSPS) is 19.9. The lowest BCUT2D eigenvalue weighted by atomic mass is 9.95. The molecule has 1 aromatic carbocycles. The van der Waals surface area contributed by atoms with Crippen molar-refractivity contribution in [2.45, 2.75) is 63.4 Å². The first-order chi connectivity index (χ1) is 19.4. The number of fused-ring (bicyclic) bond motifs is 1. The molecule has 0 unspecified atom stereocenters. The van der Waals surface area contributed by atoms with Crippen molar-refractivity contribution in [3.8, 4) is 17.0 Å². The van der Waals surface area contributed by atoms with Gasteiger partial charge in [0, 0.05) is 44.0 Å². The molecule has 3 aromatic heterocycles. The summed E-state index contributed by atoms with van der Waals surface area (Å²) in [6.07, 6.45) is 7.14. The van der Waals surface area contributed by atoms with Crippen molar-refractivity contribution in [2.75, 3.05) is 26.2 Å². The highest BCUT2D eigenvalue weighted by molar-refractivity contribution is 5.88. The number of hydrogen-bond acceptors (Lipinski definition) is 7.